The summed E-state index contributed by atoms with van der Waals surface area (Å²) in [5, 5.41) is 13.3. The number of hydrogen-bond donors (Lipinski definition) is 1. The Morgan fingerprint density at radius 2 is 2.03 bits per heavy atom. The Balaban J connectivity index is 2.09. The van der Waals surface area contributed by atoms with Crippen LogP contribution in [0, 0.1) is 5.82 Å². The topological polar surface area (TPSA) is 87.0 Å². The molecule has 0 spiro atoms. The molecule has 1 amide bonds. The first kappa shape index (κ1) is 22.4. The van der Waals surface area contributed by atoms with Crippen LogP contribution in [0.1, 0.15) is 31.0 Å². The second-order valence-electron chi connectivity index (χ2n) is 8.03. The molecule has 0 aliphatic carbocycles. The molecule has 3 rings (SSSR count). The van der Waals surface area contributed by atoms with E-state index in [-0.39, 0.29) is 23.0 Å². The summed E-state index contributed by atoms with van der Waals surface area (Å²) in [6.07, 6.45) is 2.86. The quantitative estimate of drug-likeness (QED) is 0.392. The lowest BCUT2D eigenvalue weighted by atomic mass is 9.96. The molecule has 0 radical (unpaired) electrons. The van der Waals surface area contributed by atoms with E-state index in [0.717, 1.165) is 11.0 Å². The van der Waals surface area contributed by atoms with Crippen molar-refractivity contribution in [2.75, 3.05) is 27.2 Å². The summed E-state index contributed by atoms with van der Waals surface area (Å²) in [7, 11) is 3.86. The number of ketones is 1. The van der Waals surface area contributed by atoms with E-state index in [9.17, 15) is 19.1 Å². The summed E-state index contributed by atoms with van der Waals surface area (Å²) in [5.74, 6) is -2.97. The highest BCUT2D eigenvalue weighted by atomic mass is 19.1. The first-order chi connectivity index (χ1) is 14.7. The van der Waals surface area contributed by atoms with Crippen molar-refractivity contribution in [1.82, 2.24) is 9.88 Å². The van der Waals surface area contributed by atoms with Crippen molar-refractivity contribution < 1.29 is 28.7 Å². The predicted octanol–water partition coefficient (Wildman–Crippen LogP) is 0.376. The van der Waals surface area contributed by atoms with Crippen LogP contribution in [0.5, 0.6) is 5.75 Å². The van der Waals surface area contributed by atoms with Gasteiger partial charge in [-0.05, 0) is 43.2 Å². The van der Waals surface area contributed by atoms with Crippen molar-refractivity contribution in [3.63, 3.8) is 0 Å². The van der Waals surface area contributed by atoms with Crippen LogP contribution < -0.4 is 14.7 Å². The molecular weight excluding hydrogens is 401 g/mol. The highest BCUT2D eigenvalue weighted by Crippen LogP contribution is 2.38. The fraction of sp³-hybridized carbons (Fsp3) is 0.348. The number of aromatic nitrogens is 1. The maximum absolute atomic E-state index is 14.5. The van der Waals surface area contributed by atoms with Crippen LogP contribution in [0.2, 0.25) is 0 Å². The predicted molar refractivity (Wildman–Crippen MR) is 110 cm³/mol. The van der Waals surface area contributed by atoms with Gasteiger partial charge in [-0.2, -0.15) is 0 Å². The zero-order valence-corrected chi connectivity index (χ0v) is 18.0. The number of pyridine rings is 1. The number of amides is 1. The second kappa shape index (κ2) is 9.26. The average molecular weight is 427 g/mol. The standard InChI is InChI=1S/C23H26FN3O4/c1-14(2)31-18-8-7-15(12-17(18)24)21(28)19-20(16-6-5-9-25-13-16)27(11-10-26(3)4)23(30)22(19)29/h5-9,12-14,20,28H,10-11H2,1-4H3. The third-order valence-corrected chi connectivity index (χ3v) is 4.94. The van der Waals surface area contributed by atoms with Crippen LogP contribution in [0.15, 0.2) is 48.3 Å². The van der Waals surface area contributed by atoms with E-state index in [1.165, 1.54) is 23.2 Å². The molecule has 0 saturated carbocycles. The third-order valence-electron chi connectivity index (χ3n) is 4.94. The van der Waals surface area contributed by atoms with Crippen LogP contribution in [-0.4, -0.2) is 54.9 Å². The van der Waals surface area contributed by atoms with Gasteiger partial charge in [0.15, 0.2) is 11.6 Å². The molecule has 164 valence electrons. The summed E-state index contributed by atoms with van der Waals surface area (Å²) < 4.78 is 19.8. The number of carbonyl (C=O) groups excluding carboxylic acids is 2. The van der Waals surface area contributed by atoms with E-state index in [4.69, 9.17) is 4.74 Å². The zero-order valence-electron chi connectivity index (χ0n) is 18.0. The Kier molecular flexibility index (Phi) is 6.70. The molecule has 31 heavy (non-hydrogen) atoms. The maximum Gasteiger partial charge on any atom is 0.295 e. The van der Waals surface area contributed by atoms with Crippen LogP contribution in [0.25, 0.3) is 5.76 Å². The lowest BCUT2D eigenvalue weighted by molar-refractivity contribution is -0.857. The molecule has 1 N–H and O–H groups in total. The molecule has 1 aromatic heterocycles. The number of Topliss-reactive ketones (excluding diaryl/α,β-unsaturated/α-hetero) is 1. The van der Waals surface area contributed by atoms with Crippen molar-refractivity contribution in [2.45, 2.75) is 26.0 Å². The monoisotopic (exact) mass is 427 g/mol. The van der Waals surface area contributed by atoms with Gasteiger partial charge < -0.3 is 19.6 Å². The van der Waals surface area contributed by atoms with Gasteiger partial charge in [0.2, 0.25) is 5.78 Å². The van der Waals surface area contributed by atoms with Crippen LogP contribution in [0.3, 0.4) is 0 Å². The average Bonchev–Trinajstić information content (AvgIpc) is 2.98. The Morgan fingerprint density at radius 3 is 2.61 bits per heavy atom. The molecule has 1 fully saturated rings. The SMILES string of the molecule is CC(C)Oc1ccc(C([O-])=C2C(=O)C(=O)N(CC[NH+](C)C)C2c2cccnc2)cc1F. The molecule has 1 aliphatic rings. The van der Waals surface area contributed by atoms with Gasteiger partial charge in [0, 0.05) is 18.0 Å². The number of rotatable bonds is 7. The van der Waals surface area contributed by atoms with Gasteiger partial charge >= 0.3 is 0 Å². The smallest absolute Gasteiger partial charge is 0.295 e. The molecule has 2 heterocycles. The largest absolute Gasteiger partial charge is 0.872 e. The molecule has 0 bridgehead atoms. The molecule has 7 nitrogen and oxygen atoms in total. The first-order valence-corrected chi connectivity index (χ1v) is 10.1. The molecule has 2 aromatic rings. The number of nitrogens with zero attached hydrogens (tertiary/aromatic N) is 2. The van der Waals surface area contributed by atoms with Gasteiger partial charge in [-0.3, -0.25) is 14.6 Å². The number of nitrogens with one attached hydrogen (secondary N) is 1. The van der Waals surface area contributed by atoms with Crippen molar-refractivity contribution in [3.05, 3.63) is 65.2 Å². The summed E-state index contributed by atoms with van der Waals surface area (Å²) in [4.78, 5) is 32.2. The summed E-state index contributed by atoms with van der Waals surface area (Å²) in [6, 6.07) is 6.33. The normalized spacial score (nSPS) is 18.3. The number of likely N-dealkylation sites (tertiary alicyclic amines) is 1. The van der Waals surface area contributed by atoms with Crippen LogP contribution in [-0.2, 0) is 9.59 Å². The molecule has 8 heteroatoms. The van der Waals surface area contributed by atoms with E-state index in [0.29, 0.717) is 18.7 Å². The molecule has 1 atom stereocenters. The van der Waals surface area contributed by atoms with Gasteiger partial charge in [0.1, 0.15) is 0 Å². The van der Waals surface area contributed by atoms with Gasteiger partial charge in [-0.15, -0.1) is 0 Å². The van der Waals surface area contributed by atoms with E-state index in [1.54, 1.807) is 32.2 Å². The number of likely N-dealkylation sites (N-methyl/N-ethyl adjacent to an activating group) is 1. The van der Waals surface area contributed by atoms with E-state index in [1.807, 2.05) is 14.1 Å². The minimum Gasteiger partial charge on any atom is -0.872 e. The maximum atomic E-state index is 14.5. The van der Waals surface area contributed by atoms with Crippen molar-refractivity contribution in [2.24, 2.45) is 0 Å². The van der Waals surface area contributed by atoms with Gasteiger partial charge in [0.05, 0.1) is 39.3 Å². The summed E-state index contributed by atoms with van der Waals surface area (Å²) >= 11 is 0. The highest BCUT2D eigenvalue weighted by molar-refractivity contribution is 6.46. The van der Waals surface area contributed by atoms with Gasteiger partial charge in [-0.25, -0.2) is 4.39 Å². The number of quaternary nitrogens is 1. The first-order valence-electron chi connectivity index (χ1n) is 10.1. The second-order valence-corrected chi connectivity index (χ2v) is 8.03. The van der Waals surface area contributed by atoms with Gasteiger partial charge in [-0.1, -0.05) is 17.9 Å². The fourth-order valence-corrected chi connectivity index (χ4v) is 3.48. The molecule has 1 aliphatic heterocycles. The zero-order chi connectivity index (χ0) is 22.7. The Labute approximate surface area is 180 Å². The molecule has 1 aromatic carbocycles. The van der Waals surface area contributed by atoms with E-state index >= 15 is 0 Å². The molecule has 1 unspecified atom stereocenters. The third kappa shape index (κ3) is 4.74. The number of ether oxygens (including phenoxy) is 1. The number of carbonyl (C=O) groups is 2. The minimum atomic E-state index is -0.866. The number of benzene rings is 1. The van der Waals surface area contributed by atoms with Crippen LogP contribution >= 0.6 is 0 Å². The summed E-state index contributed by atoms with van der Waals surface area (Å²) in [6.45, 7) is 4.41. The number of halogens is 1. The van der Waals surface area contributed by atoms with Crippen LogP contribution in [0.4, 0.5) is 4.39 Å². The Bertz CT molecular complexity index is 1010. The lowest BCUT2D eigenvalue weighted by Crippen LogP contribution is -3.06. The lowest BCUT2D eigenvalue weighted by Gasteiger charge is -2.27. The van der Waals surface area contributed by atoms with E-state index in [2.05, 4.69) is 4.98 Å². The highest BCUT2D eigenvalue weighted by Gasteiger charge is 2.44. The molecule has 1 saturated heterocycles. The minimum absolute atomic E-state index is 0.0151. The van der Waals surface area contributed by atoms with Crippen molar-refractivity contribution in [1.29, 1.82) is 0 Å². The summed E-state index contributed by atoms with van der Waals surface area (Å²) in [5.41, 5.74) is 0.349. The van der Waals surface area contributed by atoms with Crippen molar-refractivity contribution >= 4 is 17.4 Å². The van der Waals surface area contributed by atoms with E-state index < -0.39 is 29.3 Å². The molecular formula is C23H26FN3O4. The fourth-order valence-electron chi connectivity index (χ4n) is 3.48. The Hall–Kier alpha value is -3.26. The Morgan fingerprint density at radius 1 is 1.29 bits per heavy atom. The van der Waals surface area contributed by atoms with Crippen molar-refractivity contribution in [3.8, 4) is 5.75 Å². The van der Waals surface area contributed by atoms with Gasteiger partial charge in [0.25, 0.3) is 5.91 Å². The number of hydrogen-bond acceptors (Lipinski definition) is 5.